The number of carbonyl (C=O) groups is 1. The molecule has 0 radical (unpaired) electrons. The summed E-state index contributed by atoms with van der Waals surface area (Å²) in [4.78, 5) is 21.8. The highest BCUT2D eigenvalue weighted by Crippen LogP contribution is 2.38. The quantitative estimate of drug-likeness (QED) is 0.405. The number of alkyl halides is 3. The number of hydrogen-bond acceptors (Lipinski definition) is 7. The number of carbonyl (C=O) groups excluding carboxylic acids is 1. The summed E-state index contributed by atoms with van der Waals surface area (Å²) in [6.07, 6.45) is 0.974. The highest BCUT2D eigenvalue weighted by molar-refractivity contribution is 6.34. The molecule has 3 heterocycles. The van der Waals surface area contributed by atoms with Gasteiger partial charge in [0.25, 0.3) is 0 Å². The van der Waals surface area contributed by atoms with Gasteiger partial charge in [0.15, 0.2) is 17.3 Å². The lowest BCUT2D eigenvalue weighted by molar-refractivity contribution is -0.137. The standard InChI is InChI=1S/C26H25ClF3N7O2/c1-3-39-25(38)23-21(27)14(2)34-37(23)20-12-19(31)33-24-18(10-11-32-20)22(35-36(24)13-15-4-5-15)16-6-8-17(9-7-16)26(28,29)30/h6-9,11-12,15H,3-5,10,13H2,1-2H3,(H2,31,33). The molecular formula is C26H25ClF3N7O2. The number of fused-ring (bicyclic) bond motifs is 1. The van der Waals surface area contributed by atoms with E-state index in [0.29, 0.717) is 40.8 Å². The van der Waals surface area contributed by atoms with Crippen LogP contribution < -0.4 is 5.73 Å². The van der Waals surface area contributed by atoms with Gasteiger partial charge < -0.3 is 10.5 Å². The van der Waals surface area contributed by atoms with E-state index >= 15 is 0 Å². The number of halogens is 4. The van der Waals surface area contributed by atoms with Crippen LogP contribution in [-0.4, -0.2) is 44.2 Å². The summed E-state index contributed by atoms with van der Waals surface area (Å²) in [6, 6.07) is 4.85. The molecule has 0 unspecified atom stereocenters. The first-order valence-corrected chi connectivity index (χ1v) is 12.7. The van der Waals surface area contributed by atoms with Crippen molar-refractivity contribution in [2.24, 2.45) is 21.6 Å². The van der Waals surface area contributed by atoms with Crippen LogP contribution in [0.2, 0.25) is 5.02 Å². The molecule has 1 aliphatic carbocycles. The second-order valence-electron chi connectivity index (χ2n) is 9.29. The molecule has 3 aromatic rings. The highest BCUT2D eigenvalue weighted by Gasteiger charge is 2.31. The van der Waals surface area contributed by atoms with E-state index < -0.39 is 17.7 Å². The van der Waals surface area contributed by atoms with E-state index in [1.54, 1.807) is 24.7 Å². The molecule has 2 aromatic heterocycles. The minimum absolute atomic E-state index is 0.00864. The van der Waals surface area contributed by atoms with E-state index in [1.807, 2.05) is 0 Å². The van der Waals surface area contributed by atoms with Crippen molar-refractivity contribution in [3.05, 3.63) is 57.9 Å². The number of nitrogens with zero attached hydrogens (tertiary/aromatic N) is 6. The monoisotopic (exact) mass is 559 g/mol. The van der Waals surface area contributed by atoms with Crippen molar-refractivity contribution in [3.63, 3.8) is 0 Å². The van der Waals surface area contributed by atoms with Crippen LogP contribution in [-0.2, 0) is 23.9 Å². The number of aliphatic imine (C=N–C) groups is 2. The van der Waals surface area contributed by atoms with E-state index in [0.717, 1.165) is 25.0 Å². The molecule has 1 aromatic carbocycles. The fraction of sp³-hybridized carbons (Fsp3) is 0.346. The number of rotatable bonds is 6. The van der Waals surface area contributed by atoms with Crippen molar-refractivity contribution in [3.8, 4) is 11.3 Å². The molecular weight excluding hydrogens is 535 g/mol. The zero-order valence-corrected chi connectivity index (χ0v) is 21.9. The van der Waals surface area contributed by atoms with Gasteiger partial charge in [-0.15, -0.1) is 0 Å². The largest absolute Gasteiger partial charge is 0.461 e. The summed E-state index contributed by atoms with van der Waals surface area (Å²) in [5, 5.41) is 9.21. The first-order valence-electron chi connectivity index (χ1n) is 12.3. The van der Waals surface area contributed by atoms with Gasteiger partial charge >= 0.3 is 12.1 Å². The van der Waals surface area contributed by atoms with Gasteiger partial charge in [0.2, 0.25) is 0 Å². The number of aromatic nitrogens is 4. The normalized spacial score (nSPS) is 15.6. The molecule has 1 fully saturated rings. The van der Waals surface area contributed by atoms with E-state index in [-0.39, 0.29) is 35.4 Å². The Morgan fingerprint density at radius 2 is 1.92 bits per heavy atom. The Morgan fingerprint density at radius 3 is 2.56 bits per heavy atom. The number of benzene rings is 1. The maximum atomic E-state index is 13.1. The Bertz CT molecular complexity index is 1510. The van der Waals surface area contributed by atoms with Crippen molar-refractivity contribution in [2.75, 3.05) is 6.61 Å². The molecule has 0 saturated heterocycles. The van der Waals surface area contributed by atoms with Gasteiger partial charge in [-0.05, 0) is 44.7 Å². The average Bonchev–Trinajstić information content (AvgIpc) is 3.55. The second kappa shape index (κ2) is 10.3. The van der Waals surface area contributed by atoms with Crippen molar-refractivity contribution >= 4 is 41.3 Å². The van der Waals surface area contributed by atoms with Gasteiger partial charge in [0, 0.05) is 36.4 Å². The Kier molecular flexibility index (Phi) is 7.06. The molecule has 0 spiro atoms. The lowest BCUT2D eigenvalue weighted by Crippen LogP contribution is -2.15. The lowest BCUT2D eigenvalue weighted by atomic mass is 10.0. The van der Waals surface area contributed by atoms with Gasteiger partial charge in [0.05, 0.1) is 28.6 Å². The maximum Gasteiger partial charge on any atom is 0.416 e. The van der Waals surface area contributed by atoms with Crippen LogP contribution in [0, 0.1) is 12.8 Å². The molecule has 5 rings (SSSR count). The molecule has 2 N–H and O–H groups in total. The summed E-state index contributed by atoms with van der Waals surface area (Å²) in [6.45, 7) is 4.08. The molecule has 204 valence electrons. The fourth-order valence-corrected chi connectivity index (χ4v) is 4.44. The molecule has 9 nitrogen and oxygen atoms in total. The number of amidine groups is 1. The van der Waals surface area contributed by atoms with E-state index in [4.69, 9.17) is 27.2 Å². The minimum atomic E-state index is -4.44. The summed E-state index contributed by atoms with van der Waals surface area (Å²) in [5.74, 6) is 0.540. The van der Waals surface area contributed by atoms with Gasteiger partial charge in [0.1, 0.15) is 5.84 Å². The molecule has 13 heteroatoms. The number of nitrogens with two attached hydrogens (primary N) is 1. The maximum absolute atomic E-state index is 13.1. The third-order valence-corrected chi connectivity index (χ3v) is 6.79. The highest BCUT2D eigenvalue weighted by atomic mass is 35.5. The molecule has 0 bridgehead atoms. The van der Waals surface area contributed by atoms with Gasteiger partial charge in [-0.1, -0.05) is 23.7 Å². The second-order valence-corrected chi connectivity index (χ2v) is 9.66. The summed E-state index contributed by atoms with van der Waals surface area (Å²) >= 11 is 6.36. The SMILES string of the molecule is CCOC(=O)c1c(Cl)c(C)nn1C1=CC(N)=Nc2c(c(-c3ccc(C(F)(F)F)cc3)nn2CC2CC2)CC=N1. The van der Waals surface area contributed by atoms with Crippen molar-refractivity contribution in [1.29, 1.82) is 0 Å². The number of hydrogen-bond donors (Lipinski definition) is 1. The topological polar surface area (TPSA) is 113 Å². The van der Waals surface area contributed by atoms with Crippen LogP contribution in [0.25, 0.3) is 17.1 Å². The van der Waals surface area contributed by atoms with Crippen molar-refractivity contribution in [1.82, 2.24) is 19.6 Å². The smallest absolute Gasteiger partial charge is 0.416 e. The van der Waals surface area contributed by atoms with Crippen molar-refractivity contribution < 1.29 is 22.7 Å². The third kappa shape index (κ3) is 5.47. The van der Waals surface area contributed by atoms with Crippen LogP contribution in [0.1, 0.15) is 47.1 Å². The zero-order chi connectivity index (χ0) is 27.9. The van der Waals surface area contributed by atoms with Crippen LogP contribution in [0.3, 0.4) is 0 Å². The van der Waals surface area contributed by atoms with Gasteiger partial charge in [-0.25, -0.2) is 24.1 Å². The molecule has 1 saturated carbocycles. The Morgan fingerprint density at radius 1 is 1.21 bits per heavy atom. The Labute approximate surface area is 226 Å². The lowest BCUT2D eigenvalue weighted by Gasteiger charge is -2.08. The molecule has 39 heavy (non-hydrogen) atoms. The molecule has 1 aliphatic heterocycles. The minimum Gasteiger partial charge on any atom is -0.461 e. The molecule has 2 aliphatic rings. The number of aryl methyl sites for hydroxylation is 1. The van der Waals surface area contributed by atoms with Crippen LogP contribution in [0.5, 0.6) is 0 Å². The third-order valence-electron chi connectivity index (χ3n) is 6.34. The summed E-state index contributed by atoms with van der Waals surface area (Å²) in [7, 11) is 0. The van der Waals surface area contributed by atoms with Crippen LogP contribution in [0.4, 0.5) is 19.0 Å². The van der Waals surface area contributed by atoms with Crippen molar-refractivity contribution in [2.45, 2.75) is 45.8 Å². The van der Waals surface area contributed by atoms with E-state index in [1.165, 1.54) is 22.9 Å². The van der Waals surface area contributed by atoms with Crippen LogP contribution in [0.15, 0.2) is 40.3 Å². The zero-order valence-electron chi connectivity index (χ0n) is 21.2. The van der Waals surface area contributed by atoms with Gasteiger partial charge in [-0.3, -0.25) is 0 Å². The first-order chi connectivity index (χ1) is 18.6. The Hall–Kier alpha value is -3.93. The Balaban J connectivity index is 1.59. The summed E-state index contributed by atoms with van der Waals surface area (Å²) < 4.78 is 47.6. The molecule has 0 atom stereocenters. The summed E-state index contributed by atoms with van der Waals surface area (Å²) in [5.41, 5.74) is 7.66. The number of esters is 1. The average molecular weight is 560 g/mol. The first kappa shape index (κ1) is 26.7. The van der Waals surface area contributed by atoms with E-state index in [2.05, 4.69) is 15.1 Å². The predicted molar refractivity (Wildman–Crippen MR) is 141 cm³/mol. The van der Waals surface area contributed by atoms with Gasteiger partial charge in [-0.2, -0.15) is 23.4 Å². The predicted octanol–water partition coefficient (Wildman–Crippen LogP) is 5.43. The fourth-order valence-electron chi connectivity index (χ4n) is 4.24. The van der Waals surface area contributed by atoms with E-state index in [9.17, 15) is 18.0 Å². The van der Waals surface area contributed by atoms with Crippen LogP contribution >= 0.6 is 11.6 Å². The number of ether oxygens (including phenoxy) is 1. The molecule has 0 amide bonds.